The molecule has 1 aliphatic rings. The van der Waals surface area contributed by atoms with Crippen molar-refractivity contribution in [3.63, 3.8) is 0 Å². The van der Waals surface area contributed by atoms with Crippen molar-refractivity contribution >= 4 is 11.0 Å². The van der Waals surface area contributed by atoms with Gasteiger partial charge >= 0.3 is 6.18 Å². The number of pyridine rings is 1. The van der Waals surface area contributed by atoms with Crippen LogP contribution in [0.5, 0.6) is 0 Å². The standard InChI is InChI=1S/C25H27F3N6O/c1-35-13-9-20-22(32-24(31-20)17-2-4-18(5-3-17)25(26,27)28)15-33-11-7-19(8-12-33)34-16-30-21-6-10-29-14-23(21)34/h2-6,10,14,16,19H,7-9,11-13,15H2,1H3,(H,31,32)/p+1. The highest BCUT2D eigenvalue weighted by molar-refractivity contribution is 5.69. The van der Waals surface area contributed by atoms with Gasteiger partial charge in [-0.15, -0.1) is 0 Å². The summed E-state index contributed by atoms with van der Waals surface area (Å²) >= 11 is 0. The maximum atomic E-state index is 12.9. The van der Waals surface area contributed by atoms with Crippen molar-refractivity contribution in [3.05, 3.63) is 66.0 Å². The summed E-state index contributed by atoms with van der Waals surface area (Å²) in [5, 5.41) is 0. The van der Waals surface area contributed by atoms with Crippen LogP contribution in [0.15, 0.2) is 49.1 Å². The average molecular weight is 486 g/mol. The van der Waals surface area contributed by atoms with Gasteiger partial charge in [-0.2, -0.15) is 13.2 Å². The number of H-pyrrole nitrogens is 2. The van der Waals surface area contributed by atoms with Crippen LogP contribution < -0.4 is 4.57 Å². The molecule has 0 spiro atoms. The Morgan fingerprint density at radius 1 is 1.14 bits per heavy atom. The summed E-state index contributed by atoms with van der Waals surface area (Å²) in [5.74, 6) is 0.580. The molecule has 0 saturated carbocycles. The molecule has 184 valence electrons. The number of aromatic nitrogens is 5. The molecule has 4 aromatic rings. The largest absolute Gasteiger partial charge is 0.416 e. The number of benzene rings is 1. The molecule has 1 aromatic carbocycles. The predicted octanol–water partition coefficient (Wildman–Crippen LogP) is 4.29. The van der Waals surface area contributed by atoms with Crippen LogP contribution in [0, 0.1) is 0 Å². The minimum Gasteiger partial charge on any atom is -0.384 e. The molecule has 0 aliphatic carbocycles. The summed E-state index contributed by atoms with van der Waals surface area (Å²) in [4.78, 5) is 18.0. The van der Waals surface area contributed by atoms with Crippen LogP contribution in [0.3, 0.4) is 0 Å². The Morgan fingerprint density at radius 3 is 2.63 bits per heavy atom. The number of nitrogens with one attached hydrogen (secondary N) is 2. The van der Waals surface area contributed by atoms with E-state index in [-0.39, 0.29) is 0 Å². The van der Waals surface area contributed by atoms with Gasteiger partial charge < -0.3 is 9.72 Å². The zero-order valence-electron chi connectivity index (χ0n) is 19.5. The number of halogens is 3. The maximum absolute atomic E-state index is 12.9. The third-order valence-electron chi connectivity index (χ3n) is 6.66. The average Bonchev–Trinajstić information content (AvgIpc) is 3.47. The Bertz CT molecular complexity index is 1270. The van der Waals surface area contributed by atoms with Crippen LogP contribution in [0.25, 0.3) is 22.4 Å². The summed E-state index contributed by atoms with van der Waals surface area (Å²) in [7, 11) is 1.64. The van der Waals surface area contributed by atoms with Gasteiger partial charge in [0.25, 0.3) is 0 Å². The summed E-state index contributed by atoms with van der Waals surface area (Å²) in [6.45, 7) is 3.10. The normalized spacial score (nSPS) is 15.8. The van der Waals surface area contributed by atoms with Crippen molar-refractivity contribution in [1.82, 2.24) is 24.8 Å². The Kier molecular flexibility index (Phi) is 6.57. The molecule has 0 amide bonds. The molecule has 2 N–H and O–H groups in total. The summed E-state index contributed by atoms with van der Waals surface area (Å²) in [5.41, 5.74) is 4.03. The number of nitrogens with zero attached hydrogens (tertiary/aromatic N) is 4. The number of hydrogen-bond donors (Lipinski definition) is 2. The van der Waals surface area contributed by atoms with E-state index in [9.17, 15) is 13.2 Å². The maximum Gasteiger partial charge on any atom is 0.416 e. The van der Waals surface area contributed by atoms with Gasteiger partial charge in [0.1, 0.15) is 11.9 Å². The zero-order valence-corrected chi connectivity index (χ0v) is 19.5. The van der Waals surface area contributed by atoms with Crippen LogP contribution in [-0.2, 0) is 23.9 Å². The second-order valence-electron chi connectivity index (χ2n) is 8.91. The van der Waals surface area contributed by atoms with Crippen LogP contribution in [0.4, 0.5) is 13.2 Å². The van der Waals surface area contributed by atoms with Crippen molar-refractivity contribution in [3.8, 4) is 11.4 Å². The van der Waals surface area contributed by atoms with E-state index in [0.717, 1.165) is 60.5 Å². The third kappa shape index (κ3) is 5.08. The minimum absolute atomic E-state index is 0.404. The molecule has 1 fully saturated rings. The molecular weight excluding hydrogens is 457 g/mol. The molecule has 5 rings (SSSR count). The lowest BCUT2D eigenvalue weighted by atomic mass is 10.0. The molecule has 0 atom stereocenters. The van der Waals surface area contributed by atoms with Crippen LogP contribution >= 0.6 is 0 Å². The van der Waals surface area contributed by atoms with Gasteiger partial charge in [0.15, 0.2) is 11.0 Å². The van der Waals surface area contributed by atoms with Crippen molar-refractivity contribution in [2.75, 3.05) is 26.8 Å². The summed E-state index contributed by atoms with van der Waals surface area (Å²) < 4.78 is 46.3. The van der Waals surface area contributed by atoms with E-state index in [1.165, 1.54) is 12.1 Å². The molecule has 1 saturated heterocycles. The quantitative estimate of drug-likeness (QED) is 0.383. The molecule has 0 unspecified atom stereocenters. The van der Waals surface area contributed by atoms with Gasteiger partial charge in [-0.05, 0) is 12.1 Å². The molecule has 7 nitrogen and oxygen atoms in total. The van der Waals surface area contributed by atoms with Crippen LogP contribution in [0.2, 0.25) is 0 Å². The Labute approximate surface area is 201 Å². The molecule has 35 heavy (non-hydrogen) atoms. The monoisotopic (exact) mass is 485 g/mol. The number of methoxy groups -OCH3 is 1. The number of imidazole rings is 2. The molecule has 0 radical (unpaired) electrons. The number of piperidine rings is 1. The van der Waals surface area contributed by atoms with Gasteiger partial charge in [-0.25, -0.2) is 14.5 Å². The van der Waals surface area contributed by atoms with Crippen molar-refractivity contribution in [2.45, 2.75) is 38.0 Å². The first-order valence-corrected chi connectivity index (χ1v) is 11.7. The van der Waals surface area contributed by atoms with Gasteiger partial charge in [0.05, 0.1) is 29.8 Å². The number of likely N-dealkylation sites (tertiary alicyclic amines) is 1. The third-order valence-corrected chi connectivity index (χ3v) is 6.66. The number of fused-ring (bicyclic) bond motifs is 1. The number of hydrogen-bond acceptors (Lipinski definition) is 4. The number of ether oxygens (including phenoxy) is 1. The molecule has 3 aromatic heterocycles. The first kappa shape index (κ1) is 23.5. The fraction of sp³-hybridized carbons (Fsp3) is 0.400. The molecular formula is C25H28F3N6O+. The van der Waals surface area contributed by atoms with E-state index >= 15 is 0 Å². The number of alkyl halides is 3. The topological polar surface area (TPSA) is 73.7 Å². The zero-order chi connectivity index (χ0) is 24.4. The first-order chi connectivity index (χ1) is 16.9. The van der Waals surface area contributed by atoms with E-state index in [1.54, 1.807) is 13.3 Å². The lowest BCUT2D eigenvalue weighted by Gasteiger charge is -2.30. The van der Waals surface area contributed by atoms with E-state index in [0.29, 0.717) is 37.0 Å². The highest BCUT2D eigenvalue weighted by atomic mass is 19.4. The first-order valence-electron chi connectivity index (χ1n) is 11.7. The molecule has 0 bridgehead atoms. The second kappa shape index (κ2) is 9.79. The smallest absolute Gasteiger partial charge is 0.384 e. The fourth-order valence-electron chi connectivity index (χ4n) is 4.74. The Hall–Kier alpha value is -3.24. The van der Waals surface area contributed by atoms with E-state index in [4.69, 9.17) is 9.72 Å². The number of aromatic amines is 2. The summed E-state index contributed by atoms with van der Waals surface area (Å²) in [6, 6.07) is 7.50. The number of rotatable bonds is 7. The molecule has 1 aliphatic heterocycles. The fourth-order valence-corrected chi connectivity index (χ4v) is 4.74. The van der Waals surface area contributed by atoms with E-state index in [2.05, 4.69) is 24.4 Å². The van der Waals surface area contributed by atoms with Crippen molar-refractivity contribution < 1.29 is 22.5 Å². The van der Waals surface area contributed by atoms with Crippen LogP contribution in [-0.4, -0.2) is 51.6 Å². The van der Waals surface area contributed by atoms with Crippen LogP contribution in [0.1, 0.15) is 35.8 Å². The molecule has 10 heteroatoms. The highest BCUT2D eigenvalue weighted by Gasteiger charge is 2.30. The predicted molar refractivity (Wildman–Crippen MR) is 124 cm³/mol. The van der Waals surface area contributed by atoms with Gasteiger partial charge in [0, 0.05) is 63.8 Å². The van der Waals surface area contributed by atoms with Crippen molar-refractivity contribution in [2.24, 2.45) is 0 Å². The van der Waals surface area contributed by atoms with Gasteiger partial charge in [-0.1, -0.05) is 12.1 Å². The Morgan fingerprint density at radius 2 is 1.91 bits per heavy atom. The van der Waals surface area contributed by atoms with Crippen molar-refractivity contribution in [1.29, 1.82) is 0 Å². The van der Waals surface area contributed by atoms with E-state index < -0.39 is 11.7 Å². The lowest BCUT2D eigenvalue weighted by Crippen LogP contribution is -2.45. The second-order valence-corrected chi connectivity index (χ2v) is 8.91. The summed E-state index contributed by atoms with van der Waals surface area (Å²) in [6.07, 6.45) is 4.02. The minimum atomic E-state index is -4.36. The lowest BCUT2D eigenvalue weighted by molar-refractivity contribution is -0.701. The Balaban J connectivity index is 1.29. The van der Waals surface area contributed by atoms with E-state index in [1.807, 2.05) is 18.6 Å². The SMILES string of the molecule is COCCc1nc(-c2ccc(C(F)(F)F)cc2)[nH]c1CN1CCC([n+]2c[nH]c3ccncc32)CC1. The molecule has 4 heterocycles. The highest BCUT2D eigenvalue weighted by Crippen LogP contribution is 2.31. The van der Waals surface area contributed by atoms with Gasteiger partial charge in [-0.3, -0.25) is 9.88 Å². The van der Waals surface area contributed by atoms with Gasteiger partial charge in [0.2, 0.25) is 6.33 Å².